The zero-order valence-corrected chi connectivity index (χ0v) is 21.2. The topological polar surface area (TPSA) is 125 Å². The van der Waals surface area contributed by atoms with Crippen LogP contribution in [0.15, 0.2) is 104 Å². The van der Waals surface area contributed by atoms with Crippen molar-refractivity contribution in [2.75, 3.05) is 5.32 Å². The number of benzene rings is 1. The Labute approximate surface area is 228 Å². The molecule has 0 aliphatic rings. The number of hydrogen-bond acceptors (Lipinski definition) is 6. The third kappa shape index (κ3) is 4.45. The van der Waals surface area contributed by atoms with Crippen molar-refractivity contribution in [3.05, 3.63) is 109 Å². The van der Waals surface area contributed by atoms with Gasteiger partial charge in [0, 0.05) is 41.3 Å². The molecule has 1 amide bonds. The van der Waals surface area contributed by atoms with Crippen LogP contribution in [0, 0.1) is 0 Å². The highest BCUT2D eigenvalue weighted by molar-refractivity contribution is 5.99. The summed E-state index contributed by atoms with van der Waals surface area (Å²) in [4.78, 5) is 34.0. The molecule has 0 saturated heterocycles. The van der Waals surface area contributed by atoms with Gasteiger partial charge in [0.2, 0.25) is 5.91 Å². The van der Waals surface area contributed by atoms with E-state index < -0.39 is 0 Å². The average Bonchev–Trinajstić information content (AvgIpc) is 3.62. The molecule has 0 spiro atoms. The lowest BCUT2D eigenvalue weighted by Gasteiger charge is -2.07. The van der Waals surface area contributed by atoms with E-state index in [1.165, 1.54) is 0 Å². The zero-order valence-electron chi connectivity index (χ0n) is 21.2. The molecule has 0 unspecified atom stereocenters. The van der Waals surface area contributed by atoms with Crippen LogP contribution in [0.4, 0.5) is 5.69 Å². The molecule has 0 aliphatic carbocycles. The molecule has 6 heterocycles. The number of nitrogens with zero attached hydrogens (tertiary/aromatic N) is 5. The van der Waals surface area contributed by atoms with E-state index in [0.717, 1.165) is 44.5 Å². The first-order valence-electron chi connectivity index (χ1n) is 12.7. The van der Waals surface area contributed by atoms with E-state index in [9.17, 15) is 4.79 Å². The molecule has 0 saturated carbocycles. The number of pyridine rings is 4. The number of aromatic nitrogens is 7. The number of fused-ring (bicyclic) bond motifs is 2. The maximum Gasteiger partial charge on any atom is 0.228 e. The van der Waals surface area contributed by atoms with Crippen molar-refractivity contribution < 1.29 is 4.79 Å². The quantitative estimate of drug-likeness (QED) is 0.253. The second-order valence-corrected chi connectivity index (χ2v) is 9.38. The normalized spacial score (nSPS) is 11.2. The van der Waals surface area contributed by atoms with Crippen molar-refractivity contribution in [1.82, 2.24) is 35.1 Å². The molecule has 0 radical (unpaired) electrons. The molecule has 0 atom stereocenters. The van der Waals surface area contributed by atoms with Gasteiger partial charge in [-0.15, -0.1) is 0 Å². The van der Waals surface area contributed by atoms with Gasteiger partial charge in [0.25, 0.3) is 0 Å². The molecule has 7 aromatic rings. The monoisotopic (exact) mass is 522 g/mol. The molecule has 40 heavy (non-hydrogen) atoms. The van der Waals surface area contributed by atoms with Crippen molar-refractivity contribution in [2.24, 2.45) is 0 Å². The van der Waals surface area contributed by atoms with Crippen LogP contribution in [-0.2, 0) is 11.2 Å². The first-order valence-corrected chi connectivity index (χ1v) is 12.7. The lowest BCUT2D eigenvalue weighted by Crippen LogP contribution is -2.14. The highest BCUT2D eigenvalue weighted by atomic mass is 16.1. The SMILES string of the molecule is O=C(Cc1ccccc1)Nc1cncc(-c2ccc3[nH]nc(-c4cc5c(-c6cccnc6)ccnc5[nH]4)c3n2)c1. The Morgan fingerprint density at radius 1 is 0.850 bits per heavy atom. The number of aromatic amines is 2. The van der Waals surface area contributed by atoms with E-state index in [-0.39, 0.29) is 12.3 Å². The van der Waals surface area contributed by atoms with Crippen LogP contribution in [0.3, 0.4) is 0 Å². The van der Waals surface area contributed by atoms with E-state index in [4.69, 9.17) is 4.98 Å². The molecule has 7 rings (SSSR count). The molecular formula is C31H22N8O. The number of anilines is 1. The van der Waals surface area contributed by atoms with E-state index in [0.29, 0.717) is 22.6 Å². The lowest BCUT2D eigenvalue weighted by atomic mass is 10.1. The zero-order chi connectivity index (χ0) is 26.9. The first-order chi connectivity index (χ1) is 19.7. The minimum absolute atomic E-state index is 0.108. The molecule has 3 N–H and O–H groups in total. The highest BCUT2D eigenvalue weighted by Gasteiger charge is 2.16. The third-order valence-electron chi connectivity index (χ3n) is 6.69. The lowest BCUT2D eigenvalue weighted by molar-refractivity contribution is -0.115. The fourth-order valence-electron chi connectivity index (χ4n) is 4.81. The third-order valence-corrected chi connectivity index (χ3v) is 6.69. The predicted octanol–water partition coefficient (Wildman–Crippen LogP) is 5.81. The summed E-state index contributed by atoms with van der Waals surface area (Å²) < 4.78 is 0. The molecular weight excluding hydrogens is 500 g/mol. The van der Waals surface area contributed by atoms with Crippen molar-refractivity contribution in [3.8, 4) is 33.8 Å². The summed E-state index contributed by atoms with van der Waals surface area (Å²) in [7, 11) is 0. The van der Waals surface area contributed by atoms with E-state index in [2.05, 4.69) is 35.5 Å². The van der Waals surface area contributed by atoms with Gasteiger partial charge in [0.05, 0.1) is 35.2 Å². The predicted molar refractivity (Wildman–Crippen MR) is 154 cm³/mol. The Balaban J connectivity index is 1.21. The number of H-pyrrole nitrogens is 2. The Kier molecular flexibility index (Phi) is 5.78. The summed E-state index contributed by atoms with van der Waals surface area (Å²) in [6.45, 7) is 0. The fraction of sp³-hybridized carbons (Fsp3) is 0.0323. The maximum absolute atomic E-state index is 12.6. The van der Waals surface area contributed by atoms with Gasteiger partial charge < -0.3 is 10.3 Å². The highest BCUT2D eigenvalue weighted by Crippen LogP contribution is 2.33. The molecule has 6 aromatic heterocycles. The van der Waals surface area contributed by atoms with Crippen LogP contribution in [0.5, 0.6) is 0 Å². The van der Waals surface area contributed by atoms with Crippen molar-refractivity contribution >= 4 is 33.7 Å². The second-order valence-electron chi connectivity index (χ2n) is 9.38. The molecule has 1 aromatic carbocycles. The molecule has 0 fully saturated rings. The number of carbonyl (C=O) groups is 1. The molecule has 192 valence electrons. The molecule has 0 aliphatic heterocycles. The van der Waals surface area contributed by atoms with Crippen molar-refractivity contribution in [1.29, 1.82) is 0 Å². The van der Waals surface area contributed by atoms with Gasteiger partial charge in [-0.3, -0.25) is 19.9 Å². The molecule has 0 bridgehead atoms. The van der Waals surface area contributed by atoms with Crippen LogP contribution in [0.2, 0.25) is 0 Å². The Hall–Kier alpha value is -5.70. The number of hydrogen-bond donors (Lipinski definition) is 3. The van der Waals surface area contributed by atoms with Gasteiger partial charge >= 0.3 is 0 Å². The Morgan fingerprint density at radius 2 is 1.75 bits per heavy atom. The summed E-state index contributed by atoms with van der Waals surface area (Å²) >= 11 is 0. The van der Waals surface area contributed by atoms with Crippen LogP contribution in [0.1, 0.15) is 5.56 Å². The summed E-state index contributed by atoms with van der Waals surface area (Å²) in [6, 6.07) is 23.3. The van der Waals surface area contributed by atoms with Crippen LogP contribution in [0.25, 0.3) is 55.8 Å². The van der Waals surface area contributed by atoms with Crippen LogP contribution >= 0.6 is 0 Å². The second kappa shape index (κ2) is 9.88. The summed E-state index contributed by atoms with van der Waals surface area (Å²) in [6.07, 6.45) is 9.02. The summed E-state index contributed by atoms with van der Waals surface area (Å²) in [5.41, 5.74) is 8.86. The Morgan fingerprint density at radius 3 is 2.62 bits per heavy atom. The van der Waals surface area contributed by atoms with E-state index >= 15 is 0 Å². The van der Waals surface area contributed by atoms with Crippen molar-refractivity contribution in [3.63, 3.8) is 0 Å². The minimum Gasteiger partial charge on any atom is -0.338 e. The van der Waals surface area contributed by atoms with Gasteiger partial charge in [0.1, 0.15) is 16.9 Å². The van der Waals surface area contributed by atoms with Gasteiger partial charge in [-0.2, -0.15) is 5.10 Å². The standard InChI is InChI=1S/C31H22N8O/c40-28(13-19-5-2-1-3-6-19)35-22-14-21(17-33-18-22)25-8-9-26-29(36-25)30(39-38-26)27-15-24-23(10-12-34-31(24)37-27)20-7-4-11-32-16-20/h1-12,14-18H,13H2,(H,34,37)(H,35,40)(H,38,39). The largest absolute Gasteiger partial charge is 0.338 e. The van der Waals surface area contributed by atoms with Gasteiger partial charge in [0.15, 0.2) is 0 Å². The van der Waals surface area contributed by atoms with Crippen molar-refractivity contribution in [2.45, 2.75) is 6.42 Å². The Bertz CT molecular complexity index is 1980. The maximum atomic E-state index is 12.6. The van der Waals surface area contributed by atoms with Gasteiger partial charge in [-0.25, -0.2) is 9.97 Å². The smallest absolute Gasteiger partial charge is 0.228 e. The van der Waals surface area contributed by atoms with E-state index in [1.54, 1.807) is 24.8 Å². The number of amides is 1. The molecule has 9 heteroatoms. The number of rotatable bonds is 6. The fourth-order valence-corrected chi connectivity index (χ4v) is 4.81. The van der Waals surface area contributed by atoms with Crippen LogP contribution < -0.4 is 5.32 Å². The first kappa shape index (κ1) is 23.4. The summed E-state index contributed by atoms with van der Waals surface area (Å²) in [5.74, 6) is -0.108. The summed E-state index contributed by atoms with van der Waals surface area (Å²) in [5, 5.41) is 11.6. The van der Waals surface area contributed by atoms with Gasteiger partial charge in [-0.1, -0.05) is 36.4 Å². The van der Waals surface area contributed by atoms with Gasteiger partial charge in [-0.05, 0) is 47.5 Å². The molecule has 9 nitrogen and oxygen atoms in total. The number of nitrogens with one attached hydrogen (secondary N) is 3. The van der Waals surface area contributed by atoms with Crippen LogP contribution in [-0.4, -0.2) is 41.0 Å². The minimum atomic E-state index is -0.108. The van der Waals surface area contributed by atoms with E-state index in [1.807, 2.05) is 79.0 Å². The average molecular weight is 523 g/mol. The number of carbonyl (C=O) groups excluding carboxylic acids is 1.